The lowest BCUT2D eigenvalue weighted by Crippen LogP contribution is -2.58. The van der Waals surface area contributed by atoms with Crippen molar-refractivity contribution in [2.45, 2.75) is 37.0 Å². The van der Waals surface area contributed by atoms with Crippen LogP contribution in [0.3, 0.4) is 0 Å². The van der Waals surface area contributed by atoms with Gasteiger partial charge in [0.1, 0.15) is 24.2 Å². The lowest BCUT2D eigenvalue weighted by Gasteiger charge is -2.25. The molecule has 0 saturated heterocycles. The van der Waals surface area contributed by atoms with Gasteiger partial charge in [0.2, 0.25) is 17.7 Å². The topological polar surface area (TPSA) is 191 Å². The Kier molecular flexibility index (Phi) is 12.3. The first-order valence-electron chi connectivity index (χ1n) is 9.87. The monoisotopic (exact) mass is 470 g/mol. The number of amides is 3. The first-order valence-corrected chi connectivity index (χ1v) is 11.3. The summed E-state index contributed by atoms with van der Waals surface area (Å²) in [4.78, 5) is 48.9. The second kappa shape index (κ2) is 14.4. The number of thioether (sulfide) groups is 1. The molecule has 178 valence electrons. The quantitative estimate of drug-likeness (QED) is 0.159. The van der Waals surface area contributed by atoms with Crippen LogP contribution >= 0.6 is 11.8 Å². The van der Waals surface area contributed by atoms with Gasteiger partial charge in [-0.05, 0) is 24.0 Å². The molecule has 0 saturated carbocycles. The van der Waals surface area contributed by atoms with Crippen LogP contribution in [0.4, 0.5) is 0 Å². The van der Waals surface area contributed by atoms with E-state index in [0.717, 1.165) is 0 Å². The highest BCUT2D eigenvalue weighted by molar-refractivity contribution is 7.98. The Hall–Kier alpha value is -2.67. The highest BCUT2D eigenvalue weighted by Gasteiger charge is 2.30. The van der Waals surface area contributed by atoms with E-state index in [1.165, 1.54) is 11.8 Å². The molecule has 0 aromatic heterocycles. The van der Waals surface area contributed by atoms with E-state index in [9.17, 15) is 24.3 Å². The number of carbonyl (C=O) groups is 4. The summed E-state index contributed by atoms with van der Waals surface area (Å²) in [7, 11) is 0. The number of rotatable bonds is 14. The summed E-state index contributed by atoms with van der Waals surface area (Å²) >= 11 is 1.45. The minimum absolute atomic E-state index is 0.0511. The van der Waals surface area contributed by atoms with E-state index in [0.29, 0.717) is 11.3 Å². The molecule has 4 unspecified atom stereocenters. The molecule has 0 bridgehead atoms. The SMILES string of the molecule is CSCCC(NC(=O)C(N)CO)C(=O)NC(Cc1ccccc1)C(=O)NC(CO)C(=O)O. The molecule has 0 heterocycles. The van der Waals surface area contributed by atoms with Crippen molar-refractivity contribution in [1.29, 1.82) is 0 Å². The number of aliphatic hydroxyl groups is 2. The molecule has 0 aliphatic heterocycles. The molecule has 3 amide bonds. The van der Waals surface area contributed by atoms with Gasteiger partial charge in [-0.2, -0.15) is 11.8 Å². The fourth-order valence-corrected chi connectivity index (χ4v) is 3.13. The van der Waals surface area contributed by atoms with Gasteiger partial charge in [-0.3, -0.25) is 14.4 Å². The van der Waals surface area contributed by atoms with Crippen molar-refractivity contribution in [2.75, 3.05) is 25.2 Å². The van der Waals surface area contributed by atoms with Gasteiger partial charge < -0.3 is 37.0 Å². The first kappa shape index (κ1) is 27.4. The molecule has 0 radical (unpaired) electrons. The second-order valence-corrected chi connectivity index (χ2v) is 7.95. The van der Waals surface area contributed by atoms with Crippen LogP contribution in [-0.2, 0) is 25.6 Å². The lowest BCUT2D eigenvalue weighted by molar-refractivity contribution is -0.143. The van der Waals surface area contributed by atoms with Crippen LogP contribution in [0.1, 0.15) is 12.0 Å². The highest BCUT2D eigenvalue weighted by Crippen LogP contribution is 2.07. The molecule has 1 rings (SSSR count). The normalized spacial score (nSPS) is 14.5. The van der Waals surface area contributed by atoms with Gasteiger partial charge in [-0.1, -0.05) is 30.3 Å². The lowest BCUT2D eigenvalue weighted by atomic mass is 10.0. The summed E-state index contributed by atoms with van der Waals surface area (Å²) in [5, 5.41) is 34.6. The molecule has 8 N–H and O–H groups in total. The predicted octanol–water partition coefficient (Wildman–Crippen LogP) is -2.17. The maximum atomic E-state index is 12.9. The molecule has 32 heavy (non-hydrogen) atoms. The molecule has 0 spiro atoms. The van der Waals surface area contributed by atoms with Gasteiger partial charge >= 0.3 is 5.97 Å². The standard InChI is InChI=1S/C20H30N4O7S/c1-32-8-7-14(22-17(27)13(21)10-25)18(28)23-15(9-12-5-3-2-4-6-12)19(29)24-16(11-26)20(30)31/h2-6,13-16,25-26H,7-11,21H2,1H3,(H,22,27)(H,23,28)(H,24,29)(H,30,31). The number of carbonyl (C=O) groups excluding carboxylic acids is 3. The molecular formula is C20H30N4O7S. The summed E-state index contributed by atoms with van der Waals surface area (Å²) in [5.41, 5.74) is 6.21. The number of aliphatic hydroxyl groups excluding tert-OH is 2. The van der Waals surface area contributed by atoms with Crippen LogP contribution in [0.5, 0.6) is 0 Å². The number of hydrogen-bond acceptors (Lipinski definition) is 8. The maximum Gasteiger partial charge on any atom is 0.328 e. The third kappa shape index (κ3) is 9.22. The van der Waals surface area contributed by atoms with Gasteiger partial charge in [-0.15, -0.1) is 0 Å². The van der Waals surface area contributed by atoms with E-state index in [-0.39, 0.29) is 12.8 Å². The number of aliphatic carboxylic acids is 1. The first-order chi connectivity index (χ1) is 15.2. The Morgan fingerprint density at radius 2 is 1.47 bits per heavy atom. The summed E-state index contributed by atoms with van der Waals surface area (Å²) in [6.07, 6.45) is 2.11. The van der Waals surface area contributed by atoms with E-state index in [1.807, 2.05) is 6.26 Å². The van der Waals surface area contributed by atoms with Crippen molar-refractivity contribution in [2.24, 2.45) is 5.73 Å². The third-order valence-corrected chi connectivity index (χ3v) is 5.13. The van der Waals surface area contributed by atoms with E-state index < -0.39 is 61.1 Å². The second-order valence-electron chi connectivity index (χ2n) is 6.96. The van der Waals surface area contributed by atoms with Gasteiger partial charge in [0.15, 0.2) is 0 Å². The zero-order chi connectivity index (χ0) is 24.1. The van der Waals surface area contributed by atoms with E-state index in [1.54, 1.807) is 30.3 Å². The van der Waals surface area contributed by atoms with Crippen LogP contribution in [-0.4, -0.2) is 88.4 Å². The molecule has 0 aliphatic carbocycles. The Morgan fingerprint density at radius 1 is 0.906 bits per heavy atom. The third-order valence-electron chi connectivity index (χ3n) is 4.49. The molecule has 0 aliphatic rings. The van der Waals surface area contributed by atoms with E-state index in [2.05, 4.69) is 16.0 Å². The van der Waals surface area contributed by atoms with Crippen molar-refractivity contribution >= 4 is 35.5 Å². The van der Waals surface area contributed by atoms with Gasteiger partial charge in [0.05, 0.1) is 13.2 Å². The van der Waals surface area contributed by atoms with Crippen LogP contribution in [0, 0.1) is 0 Å². The predicted molar refractivity (Wildman–Crippen MR) is 119 cm³/mol. The van der Waals surface area contributed by atoms with Crippen molar-refractivity contribution in [3.8, 4) is 0 Å². The minimum Gasteiger partial charge on any atom is -0.480 e. The Bertz CT molecular complexity index is 766. The number of hydrogen-bond donors (Lipinski definition) is 7. The zero-order valence-corrected chi connectivity index (χ0v) is 18.5. The Morgan fingerprint density at radius 3 is 2.00 bits per heavy atom. The van der Waals surface area contributed by atoms with Gasteiger partial charge in [0, 0.05) is 6.42 Å². The van der Waals surface area contributed by atoms with Crippen LogP contribution in [0.25, 0.3) is 0 Å². The van der Waals surface area contributed by atoms with Crippen molar-refractivity contribution in [3.63, 3.8) is 0 Å². The van der Waals surface area contributed by atoms with Crippen LogP contribution < -0.4 is 21.7 Å². The molecule has 1 aromatic rings. The molecule has 4 atom stereocenters. The Labute approximate surface area is 190 Å². The molecule has 12 heteroatoms. The molecular weight excluding hydrogens is 440 g/mol. The summed E-state index contributed by atoms with van der Waals surface area (Å²) in [5.74, 6) is -3.08. The van der Waals surface area contributed by atoms with Crippen LogP contribution in [0.15, 0.2) is 30.3 Å². The summed E-state index contributed by atoms with van der Waals surface area (Å²) < 4.78 is 0. The highest BCUT2D eigenvalue weighted by atomic mass is 32.2. The smallest absolute Gasteiger partial charge is 0.328 e. The van der Waals surface area contributed by atoms with Crippen molar-refractivity contribution in [1.82, 2.24) is 16.0 Å². The van der Waals surface area contributed by atoms with E-state index >= 15 is 0 Å². The molecule has 0 fully saturated rings. The molecule has 1 aromatic carbocycles. The largest absolute Gasteiger partial charge is 0.480 e. The van der Waals surface area contributed by atoms with Crippen LogP contribution in [0.2, 0.25) is 0 Å². The number of carboxylic acid groups (broad SMARTS) is 1. The fourth-order valence-electron chi connectivity index (χ4n) is 2.66. The van der Waals surface area contributed by atoms with Crippen molar-refractivity contribution in [3.05, 3.63) is 35.9 Å². The van der Waals surface area contributed by atoms with Gasteiger partial charge in [-0.25, -0.2) is 4.79 Å². The fraction of sp³-hybridized carbons (Fsp3) is 0.500. The number of nitrogens with one attached hydrogen (secondary N) is 3. The van der Waals surface area contributed by atoms with Gasteiger partial charge in [0.25, 0.3) is 0 Å². The minimum atomic E-state index is -1.53. The number of nitrogens with two attached hydrogens (primary N) is 1. The molecule has 11 nitrogen and oxygen atoms in total. The average molecular weight is 471 g/mol. The Balaban J connectivity index is 3.04. The maximum absolute atomic E-state index is 12.9. The van der Waals surface area contributed by atoms with Crippen molar-refractivity contribution < 1.29 is 34.5 Å². The average Bonchev–Trinajstić information content (AvgIpc) is 2.79. The van der Waals surface area contributed by atoms with E-state index in [4.69, 9.17) is 15.9 Å². The number of benzene rings is 1. The summed E-state index contributed by atoms with van der Waals surface area (Å²) in [6.45, 7) is -1.42. The number of carboxylic acids is 1. The zero-order valence-electron chi connectivity index (χ0n) is 17.7. The summed E-state index contributed by atoms with van der Waals surface area (Å²) in [6, 6.07) is 3.82.